The molecule has 2 rings (SSSR count). The minimum Gasteiger partial charge on any atom is -0.308 e. The molecule has 7 heteroatoms. The molecule has 1 unspecified atom stereocenters. The van der Waals surface area contributed by atoms with Crippen LogP contribution in [0.4, 0.5) is 5.82 Å². The largest absolute Gasteiger partial charge is 0.308 e. The van der Waals surface area contributed by atoms with E-state index in [-0.39, 0.29) is 0 Å². The van der Waals surface area contributed by atoms with Crippen molar-refractivity contribution in [2.24, 2.45) is 5.84 Å². The highest BCUT2D eigenvalue weighted by atomic mass is 32.2. The third-order valence-electron chi connectivity index (χ3n) is 3.34. The molecule has 0 saturated heterocycles. The Morgan fingerprint density at radius 2 is 1.94 bits per heavy atom. The Bertz CT molecular complexity index is 539. The van der Waals surface area contributed by atoms with Crippen LogP contribution in [0.2, 0.25) is 0 Å². The summed E-state index contributed by atoms with van der Waals surface area (Å²) >= 11 is 0. The molecular weight excluding hydrogens is 252 g/mol. The Morgan fingerprint density at radius 1 is 1.28 bits per heavy atom. The first-order chi connectivity index (χ1) is 8.43. The molecule has 0 amide bonds. The van der Waals surface area contributed by atoms with Gasteiger partial charge in [0, 0.05) is 17.5 Å². The molecule has 1 heterocycles. The van der Waals surface area contributed by atoms with Gasteiger partial charge < -0.3 is 5.43 Å². The highest BCUT2D eigenvalue weighted by Gasteiger charge is 2.24. The number of hydrazine groups is 1. The maximum absolute atomic E-state index is 11.6. The first-order valence-electron chi connectivity index (χ1n) is 5.98. The van der Waals surface area contributed by atoms with Crippen LogP contribution >= 0.6 is 0 Å². The lowest BCUT2D eigenvalue weighted by molar-refractivity contribution is 0.587. The van der Waals surface area contributed by atoms with E-state index in [4.69, 9.17) is 5.84 Å². The molecule has 1 aromatic rings. The van der Waals surface area contributed by atoms with Gasteiger partial charge >= 0.3 is 0 Å². The number of aromatic nitrogens is 2. The summed E-state index contributed by atoms with van der Waals surface area (Å²) in [6, 6.07) is 0. The van der Waals surface area contributed by atoms with E-state index in [1.54, 1.807) is 6.92 Å². The van der Waals surface area contributed by atoms with Crippen LogP contribution in [0.3, 0.4) is 0 Å². The number of fused-ring (bicyclic) bond motifs is 1. The van der Waals surface area contributed by atoms with Crippen molar-refractivity contribution in [1.29, 1.82) is 0 Å². The topological polar surface area (TPSA) is 98.0 Å². The van der Waals surface area contributed by atoms with Crippen LogP contribution in [0.1, 0.15) is 42.1 Å². The lowest BCUT2D eigenvalue weighted by Gasteiger charge is -2.20. The number of anilines is 1. The van der Waals surface area contributed by atoms with Crippen molar-refractivity contribution < 1.29 is 8.42 Å². The number of rotatable bonds is 3. The zero-order valence-electron chi connectivity index (χ0n) is 10.6. The van der Waals surface area contributed by atoms with Crippen LogP contribution < -0.4 is 11.3 Å². The quantitative estimate of drug-likeness (QED) is 0.621. The molecule has 6 nitrogen and oxygen atoms in total. The number of hydrogen-bond acceptors (Lipinski definition) is 6. The molecule has 0 spiro atoms. The number of nitrogen functional groups attached to an aromatic ring is 1. The number of hydrogen-bond donors (Lipinski definition) is 2. The van der Waals surface area contributed by atoms with Crippen molar-refractivity contribution >= 4 is 15.7 Å². The van der Waals surface area contributed by atoms with E-state index < -0.39 is 15.1 Å². The average molecular weight is 270 g/mol. The fraction of sp³-hybridized carbons (Fsp3) is 0.636. The Balaban J connectivity index is 2.51. The van der Waals surface area contributed by atoms with Crippen LogP contribution in [-0.2, 0) is 22.7 Å². The summed E-state index contributed by atoms with van der Waals surface area (Å²) in [4.78, 5) is 8.65. The van der Waals surface area contributed by atoms with Crippen molar-refractivity contribution in [3.05, 3.63) is 17.1 Å². The summed E-state index contributed by atoms with van der Waals surface area (Å²) in [5, 5.41) is -0.711. The first-order valence-corrected chi connectivity index (χ1v) is 7.94. The summed E-state index contributed by atoms with van der Waals surface area (Å²) in [6.45, 7) is 1.60. The molecule has 0 fully saturated rings. The van der Waals surface area contributed by atoms with Crippen molar-refractivity contribution in [3.8, 4) is 0 Å². The van der Waals surface area contributed by atoms with Crippen LogP contribution in [-0.4, -0.2) is 24.6 Å². The van der Waals surface area contributed by atoms with Crippen molar-refractivity contribution in [2.45, 2.75) is 37.9 Å². The number of nitrogens with two attached hydrogens (primary N) is 1. The molecule has 1 aromatic heterocycles. The molecule has 100 valence electrons. The van der Waals surface area contributed by atoms with Crippen LogP contribution in [0, 0.1) is 0 Å². The summed E-state index contributed by atoms with van der Waals surface area (Å²) < 4.78 is 23.1. The molecule has 1 atom stereocenters. The molecule has 0 aliphatic heterocycles. The number of aryl methyl sites for hydroxylation is 1. The van der Waals surface area contributed by atoms with E-state index in [1.807, 2.05) is 0 Å². The van der Waals surface area contributed by atoms with Crippen LogP contribution in [0.5, 0.6) is 0 Å². The van der Waals surface area contributed by atoms with Gasteiger partial charge in [-0.25, -0.2) is 24.2 Å². The summed E-state index contributed by atoms with van der Waals surface area (Å²) in [6.07, 6.45) is 5.10. The van der Waals surface area contributed by atoms with Crippen molar-refractivity contribution in [3.63, 3.8) is 0 Å². The summed E-state index contributed by atoms with van der Waals surface area (Å²) in [5.74, 6) is 6.35. The van der Waals surface area contributed by atoms with E-state index in [0.717, 1.165) is 36.9 Å². The highest BCUT2D eigenvalue weighted by molar-refractivity contribution is 7.90. The minimum absolute atomic E-state index is 0.325. The van der Waals surface area contributed by atoms with Crippen molar-refractivity contribution in [1.82, 2.24) is 9.97 Å². The second-order valence-electron chi connectivity index (χ2n) is 4.68. The number of nitrogens with one attached hydrogen (secondary N) is 1. The predicted octanol–water partition coefficient (Wildman–Crippen LogP) is 0.747. The van der Waals surface area contributed by atoms with E-state index in [9.17, 15) is 8.42 Å². The summed E-state index contributed by atoms with van der Waals surface area (Å²) in [7, 11) is -3.20. The molecule has 3 N–H and O–H groups in total. The van der Waals surface area contributed by atoms with Gasteiger partial charge in [0.05, 0.1) is 0 Å². The maximum Gasteiger partial charge on any atom is 0.157 e. The molecule has 0 saturated carbocycles. The molecular formula is C11H18N4O2S. The van der Waals surface area contributed by atoms with Gasteiger partial charge in [0.2, 0.25) is 0 Å². The molecule has 0 aromatic carbocycles. The lowest BCUT2D eigenvalue weighted by Crippen LogP contribution is -2.20. The smallest absolute Gasteiger partial charge is 0.157 e. The average Bonchev–Trinajstić information content (AvgIpc) is 2.35. The Morgan fingerprint density at radius 3 is 2.56 bits per heavy atom. The van der Waals surface area contributed by atoms with Crippen LogP contribution in [0.15, 0.2) is 0 Å². The fourth-order valence-corrected chi connectivity index (χ4v) is 2.59. The molecule has 0 bridgehead atoms. The third kappa shape index (κ3) is 2.46. The van der Waals surface area contributed by atoms with Gasteiger partial charge in [0.1, 0.15) is 16.9 Å². The van der Waals surface area contributed by atoms with Gasteiger partial charge in [0.25, 0.3) is 0 Å². The number of sulfone groups is 1. The molecule has 1 aliphatic carbocycles. The SMILES string of the molecule is CC(c1nc2c(c(NN)n1)CCCC2)S(C)(=O)=O. The van der Waals surface area contributed by atoms with Gasteiger partial charge in [0.15, 0.2) is 9.84 Å². The zero-order valence-corrected chi connectivity index (χ0v) is 11.4. The molecule has 0 radical (unpaired) electrons. The van der Waals surface area contributed by atoms with E-state index in [1.165, 1.54) is 6.26 Å². The maximum atomic E-state index is 11.6. The Hall–Kier alpha value is -1.21. The van der Waals surface area contributed by atoms with Gasteiger partial charge in [-0.3, -0.25) is 0 Å². The molecule has 18 heavy (non-hydrogen) atoms. The predicted molar refractivity (Wildman–Crippen MR) is 69.7 cm³/mol. The lowest BCUT2D eigenvalue weighted by atomic mass is 9.96. The Labute approximate surface area is 107 Å². The van der Waals surface area contributed by atoms with E-state index in [0.29, 0.717) is 11.6 Å². The van der Waals surface area contributed by atoms with Crippen LogP contribution in [0.25, 0.3) is 0 Å². The zero-order chi connectivity index (χ0) is 13.3. The monoisotopic (exact) mass is 270 g/mol. The second kappa shape index (κ2) is 4.81. The first kappa shape index (κ1) is 13.2. The molecule has 1 aliphatic rings. The van der Waals surface area contributed by atoms with Gasteiger partial charge in [-0.2, -0.15) is 0 Å². The van der Waals surface area contributed by atoms with E-state index >= 15 is 0 Å². The van der Waals surface area contributed by atoms with Gasteiger partial charge in [-0.05, 0) is 32.6 Å². The second-order valence-corrected chi connectivity index (χ2v) is 7.05. The fourth-order valence-electron chi connectivity index (χ4n) is 2.11. The normalized spacial score (nSPS) is 17.1. The van der Waals surface area contributed by atoms with Crippen molar-refractivity contribution in [2.75, 3.05) is 11.7 Å². The Kier molecular flexibility index (Phi) is 3.54. The highest BCUT2D eigenvalue weighted by Crippen LogP contribution is 2.27. The summed E-state index contributed by atoms with van der Waals surface area (Å²) in [5.41, 5.74) is 4.50. The minimum atomic E-state index is -3.20. The number of nitrogens with zero attached hydrogens (tertiary/aromatic N) is 2. The van der Waals surface area contributed by atoms with Gasteiger partial charge in [-0.15, -0.1) is 0 Å². The van der Waals surface area contributed by atoms with Gasteiger partial charge in [-0.1, -0.05) is 0 Å². The van der Waals surface area contributed by atoms with E-state index in [2.05, 4.69) is 15.4 Å². The third-order valence-corrected chi connectivity index (χ3v) is 4.84. The standard InChI is InChI=1S/C11H18N4O2S/c1-7(18(2,16)17)10-13-9-6-4-3-5-8(9)11(14-10)15-12/h7H,3-6,12H2,1-2H3,(H,13,14,15).